The maximum Gasteiger partial charge on any atom is 0.251 e. The topological polar surface area (TPSA) is 55.6 Å². The molecule has 1 aromatic carbocycles. The lowest BCUT2D eigenvalue weighted by atomic mass is 9.92. The van der Waals surface area contributed by atoms with Crippen molar-refractivity contribution in [1.29, 1.82) is 0 Å². The molecule has 0 saturated carbocycles. The number of carbonyl (C=O) groups excluding carboxylic acids is 1. The highest BCUT2D eigenvalue weighted by molar-refractivity contribution is 5.81. The Hall–Kier alpha value is -1.39. The molecule has 2 rings (SSSR count). The molecule has 0 aliphatic carbocycles. The number of benzene rings is 1. The Balaban J connectivity index is 1.89. The Kier molecular flexibility index (Phi) is 5.76. The van der Waals surface area contributed by atoms with Gasteiger partial charge in [0.1, 0.15) is 6.10 Å². The average molecular weight is 290 g/mol. The van der Waals surface area contributed by atoms with E-state index >= 15 is 0 Å². The first-order valence-electron chi connectivity index (χ1n) is 7.78. The molecule has 116 valence electrons. The SMILES string of the molecule is CC1CCN(C(=O)C(C)OCc2ccccc2)C(CN)C1. The summed E-state index contributed by atoms with van der Waals surface area (Å²) >= 11 is 0. The molecule has 4 heteroatoms. The Morgan fingerprint density at radius 2 is 2.14 bits per heavy atom. The van der Waals surface area contributed by atoms with Gasteiger partial charge in [0, 0.05) is 19.1 Å². The molecule has 2 N–H and O–H groups in total. The highest BCUT2D eigenvalue weighted by atomic mass is 16.5. The zero-order chi connectivity index (χ0) is 15.2. The lowest BCUT2D eigenvalue weighted by Crippen LogP contribution is -2.52. The first-order valence-corrected chi connectivity index (χ1v) is 7.78. The van der Waals surface area contributed by atoms with E-state index in [0.29, 0.717) is 19.1 Å². The number of rotatable bonds is 5. The fraction of sp³-hybridized carbons (Fsp3) is 0.588. The van der Waals surface area contributed by atoms with Crippen LogP contribution in [-0.4, -0.2) is 36.0 Å². The van der Waals surface area contributed by atoms with Gasteiger partial charge in [-0.3, -0.25) is 4.79 Å². The van der Waals surface area contributed by atoms with Crippen molar-refractivity contribution in [3.05, 3.63) is 35.9 Å². The molecule has 1 amide bonds. The van der Waals surface area contributed by atoms with Crippen molar-refractivity contribution in [2.45, 2.75) is 45.4 Å². The lowest BCUT2D eigenvalue weighted by molar-refractivity contribution is -0.147. The molecular formula is C17H26N2O2. The Bertz CT molecular complexity index is 449. The molecule has 3 unspecified atom stereocenters. The van der Waals surface area contributed by atoms with E-state index in [-0.39, 0.29) is 11.9 Å². The minimum atomic E-state index is -0.423. The first-order chi connectivity index (χ1) is 10.1. The fourth-order valence-corrected chi connectivity index (χ4v) is 2.87. The van der Waals surface area contributed by atoms with Crippen LogP contribution in [0.2, 0.25) is 0 Å². The van der Waals surface area contributed by atoms with E-state index in [1.165, 1.54) is 0 Å². The Morgan fingerprint density at radius 1 is 1.43 bits per heavy atom. The summed E-state index contributed by atoms with van der Waals surface area (Å²) < 4.78 is 5.73. The molecule has 4 nitrogen and oxygen atoms in total. The summed E-state index contributed by atoms with van der Waals surface area (Å²) in [6.45, 7) is 5.84. The van der Waals surface area contributed by atoms with Gasteiger partial charge in [-0.15, -0.1) is 0 Å². The third-order valence-electron chi connectivity index (χ3n) is 4.22. The largest absolute Gasteiger partial charge is 0.364 e. The van der Waals surface area contributed by atoms with Crippen LogP contribution in [-0.2, 0) is 16.1 Å². The zero-order valence-electron chi connectivity index (χ0n) is 13.0. The van der Waals surface area contributed by atoms with E-state index in [9.17, 15) is 4.79 Å². The van der Waals surface area contributed by atoms with E-state index in [1.807, 2.05) is 42.2 Å². The van der Waals surface area contributed by atoms with Gasteiger partial charge in [0.05, 0.1) is 6.61 Å². The molecule has 0 radical (unpaired) electrons. The third-order valence-corrected chi connectivity index (χ3v) is 4.22. The van der Waals surface area contributed by atoms with Gasteiger partial charge in [0.2, 0.25) is 0 Å². The number of ether oxygens (including phenoxy) is 1. The molecule has 3 atom stereocenters. The first kappa shape index (κ1) is 16.0. The number of piperidine rings is 1. The van der Waals surface area contributed by atoms with Gasteiger partial charge in [-0.1, -0.05) is 37.3 Å². The summed E-state index contributed by atoms with van der Waals surface area (Å²) in [6.07, 6.45) is 1.62. The van der Waals surface area contributed by atoms with Crippen molar-refractivity contribution in [2.24, 2.45) is 11.7 Å². The number of nitrogens with two attached hydrogens (primary N) is 1. The monoisotopic (exact) mass is 290 g/mol. The summed E-state index contributed by atoms with van der Waals surface area (Å²) in [7, 11) is 0. The van der Waals surface area contributed by atoms with Crippen LogP contribution in [0, 0.1) is 5.92 Å². The minimum absolute atomic E-state index is 0.0632. The molecule has 0 aromatic heterocycles. The fourth-order valence-electron chi connectivity index (χ4n) is 2.87. The molecule has 0 bridgehead atoms. The second-order valence-corrected chi connectivity index (χ2v) is 5.99. The van der Waals surface area contributed by atoms with E-state index in [0.717, 1.165) is 24.9 Å². The Morgan fingerprint density at radius 3 is 2.81 bits per heavy atom. The van der Waals surface area contributed by atoms with Gasteiger partial charge in [-0.25, -0.2) is 0 Å². The number of carbonyl (C=O) groups is 1. The summed E-state index contributed by atoms with van der Waals surface area (Å²) in [5.41, 5.74) is 6.91. The average Bonchev–Trinajstić information content (AvgIpc) is 2.52. The van der Waals surface area contributed by atoms with Crippen LogP contribution >= 0.6 is 0 Å². The van der Waals surface area contributed by atoms with Crippen molar-refractivity contribution in [3.8, 4) is 0 Å². The van der Waals surface area contributed by atoms with Gasteiger partial charge in [-0.2, -0.15) is 0 Å². The van der Waals surface area contributed by atoms with Gasteiger partial charge in [0.15, 0.2) is 0 Å². The molecular weight excluding hydrogens is 264 g/mol. The lowest BCUT2D eigenvalue weighted by Gasteiger charge is -2.39. The highest BCUT2D eigenvalue weighted by Gasteiger charge is 2.31. The summed E-state index contributed by atoms with van der Waals surface area (Å²) in [6, 6.07) is 10.1. The second-order valence-electron chi connectivity index (χ2n) is 5.99. The van der Waals surface area contributed by atoms with E-state index in [1.54, 1.807) is 0 Å². The number of likely N-dealkylation sites (tertiary alicyclic amines) is 1. The van der Waals surface area contributed by atoms with Crippen LogP contribution in [0.4, 0.5) is 0 Å². The second kappa shape index (κ2) is 7.57. The predicted molar refractivity (Wildman–Crippen MR) is 83.6 cm³/mol. The van der Waals surface area contributed by atoms with Crippen molar-refractivity contribution in [2.75, 3.05) is 13.1 Å². The standard InChI is InChI=1S/C17H26N2O2/c1-13-8-9-19(16(10-13)11-18)17(20)14(2)21-12-15-6-4-3-5-7-15/h3-7,13-14,16H,8-12,18H2,1-2H3. The van der Waals surface area contributed by atoms with Crippen LogP contribution in [0.3, 0.4) is 0 Å². The summed E-state index contributed by atoms with van der Waals surface area (Å²) in [4.78, 5) is 14.5. The summed E-state index contributed by atoms with van der Waals surface area (Å²) in [5, 5.41) is 0. The maximum atomic E-state index is 12.5. The Labute approximate surface area is 127 Å². The van der Waals surface area contributed by atoms with Crippen LogP contribution < -0.4 is 5.73 Å². The molecule has 0 spiro atoms. The van der Waals surface area contributed by atoms with Gasteiger partial charge < -0.3 is 15.4 Å². The molecule has 1 aromatic rings. The van der Waals surface area contributed by atoms with Gasteiger partial charge >= 0.3 is 0 Å². The zero-order valence-corrected chi connectivity index (χ0v) is 13.0. The molecule has 1 aliphatic heterocycles. The van der Waals surface area contributed by atoms with Crippen molar-refractivity contribution in [1.82, 2.24) is 4.90 Å². The maximum absolute atomic E-state index is 12.5. The number of hydrogen-bond acceptors (Lipinski definition) is 3. The normalized spacial score (nSPS) is 23.9. The number of nitrogens with zero attached hydrogens (tertiary/aromatic N) is 1. The summed E-state index contributed by atoms with van der Waals surface area (Å²) in [5.74, 6) is 0.705. The van der Waals surface area contributed by atoms with Crippen LogP contribution in [0.15, 0.2) is 30.3 Å². The molecule has 1 fully saturated rings. The third kappa shape index (κ3) is 4.29. The van der Waals surface area contributed by atoms with Gasteiger partial charge in [0.25, 0.3) is 5.91 Å². The van der Waals surface area contributed by atoms with Gasteiger partial charge in [-0.05, 0) is 31.2 Å². The van der Waals surface area contributed by atoms with Crippen molar-refractivity contribution < 1.29 is 9.53 Å². The number of amides is 1. The molecule has 21 heavy (non-hydrogen) atoms. The van der Waals surface area contributed by atoms with Crippen LogP contribution in [0.5, 0.6) is 0 Å². The van der Waals surface area contributed by atoms with Crippen LogP contribution in [0.1, 0.15) is 32.3 Å². The van der Waals surface area contributed by atoms with Crippen molar-refractivity contribution >= 4 is 5.91 Å². The highest BCUT2D eigenvalue weighted by Crippen LogP contribution is 2.23. The smallest absolute Gasteiger partial charge is 0.251 e. The predicted octanol–water partition coefficient (Wildman–Crippen LogP) is 2.18. The van der Waals surface area contributed by atoms with E-state index in [4.69, 9.17) is 10.5 Å². The molecule has 1 saturated heterocycles. The molecule has 1 aliphatic rings. The van der Waals surface area contributed by atoms with Crippen molar-refractivity contribution in [3.63, 3.8) is 0 Å². The molecule has 1 heterocycles. The van der Waals surface area contributed by atoms with E-state index < -0.39 is 6.10 Å². The van der Waals surface area contributed by atoms with E-state index in [2.05, 4.69) is 6.92 Å². The quantitative estimate of drug-likeness (QED) is 0.904. The minimum Gasteiger partial charge on any atom is -0.364 e. The van der Waals surface area contributed by atoms with Crippen LogP contribution in [0.25, 0.3) is 0 Å². The number of hydrogen-bond donors (Lipinski definition) is 1.